The monoisotopic (exact) mass is 325 g/mol. The Bertz CT molecular complexity index is 858. The second kappa shape index (κ2) is 7.04. The molecule has 1 amide bonds. The Morgan fingerprint density at radius 2 is 2.08 bits per heavy atom. The minimum atomic E-state index is -0.129. The lowest BCUT2D eigenvalue weighted by Gasteiger charge is -2.05. The van der Waals surface area contributed by atoms with Gasteiger partial charge in [0, 0.05) is 30.9 Å². The van der Waals surface area contributed by atoms with Gasteiger partial charge in [-0.15, -0.1) is 0 Å². The molecule has 0 aliphatic rings. The van der Waals surface area contributed by atoms with E-state index < -0.39 is 0 Å². The summed E-state index contributed by atoms with van der Waals surface area (Å²) in [6.45, 7) is 0.502. The highest BCUT2D eigenvalue weighted by Gasteiger charge is 2.09. The number of nitrogens with one attached hydrogen (secondary N) is 1. The van der Waals surface area contributed by atoms with Crippen molar-refractivity contribution in [2.75, 3.05) is 20.8 Å². The number of nitrogens with zero attached hydrogens (tertiary/aromatic N) is 2. The molecule has 0 radical (unpaired) electrons. The number of rotatable bonds is 6. The van der Waals surface area contributed by atoms with E-state index in [4.69, 9.17) is 9.47 Å². The minimum absolute atomic E-state index is 0.129. The standard InChI is InChI=1S/C18H19N3O3/c1-23-15-6-3-5-13(11-15)18(22)19-9-8-14-12-21-10-4-7-16(24-2)17(21)20-14/h3-7,10-12H,8-9H2,1-2H3,(H,19,22). The SMILES string of the molecule is COc1cccc(C(=O)NCCc2cn3cccc(OC)c3n2)c1. The molecule has 0 fully saturated rings. The summed E-state index contributed by atoms with van der Waals surface area (Å²) in [5, 5.41) is 2.90. The molecule has 0 bridgehead atoms. The highest BCUT2D eigenvalue weighted by atomic mass is 16.5. The molecular formula is C18H19N3O3. The summed E-state index contributed by atoms with van der Waals surface area (Å²) in [5.41, 5.74) is 2.24. The van der Waals surface area contributed by atoms with Gasteiger partial charge in [0.05, 0.1) is 19.9 Å². The second-order valence-corrected chi connectivity index (χ2v) is 5.28. The quantitative estimate of drug-likeness (QED) is 0.755. The van der Waals surface area contributed by atoms with E-state index in [2.05, 4.69) is 10.3 Å². The molecule has 6 nitrogen and oxygen atoms in total. The molecule has 6 heteroatoms. The molecule has 0 aliphatic carbocycles. The van der Waals surface area contributed by atoms with Crippen molar-refractivity contribution in [3.05, 3.63) is 60.0 Å². The third-order valence-electron chi connectivity index (χ3n) is 3.72. The maximum Gasteiger partial charge on any atom is 0.251 e. The van der Waals surface area contributed by atoms with Crippen LogP contribution in [-0.4, -0.2) is 36.1 Å². The van der Waals surface area contributed by atoms with Gasteiger partial charge in [-0.3, -0.25) is 4.79 Å². The summed E-state index contributed by atoms with van der Waals surface area (Å²) in [6, 6.07) is 10.8. The van der Waals surface area contributed by atoms with E-state index in [1.54, 1.807) is 38.5 Å². The number of hydrogen-bond acceptors (Lipinski definition) is 4. The van der Waals surface area contributed by atoms with Crippen LogP contribution in [0.3, 0.4) is 0 Å². The van der Waals surface area contributed by atoms with Gasteiger partial charge in [0.15, 0.2) is 11.4 Å². The van der Waals surface area contributed by atoms with E-state index in [-0.39, 0.29) is 5.91 Å². The molecule has 3 aromatic rings. The fourth-order valence-electron chi connectivity index (χ4n) is 2.49. The predicted molar refractivity (Wildman–Crippen MR) is 90.8 cm³/mol. The van der Waals surface area contributed by atoms with Crippen LogP contribution in [0.5, 0.6) is 11.5 Å². The van der Waals surface area contributed by atoms with E-state index >= 15 is 0 Å². The molecule has 24 heavy (non-hydrogen) atoms. The summed E-state index contributed by atoms with van der Waals surface area (Å²) >= 11 is 0. The van der Waals surface area contributed by atoms with E-state index in [9.17, 15) is 4.79 Å². The first-order valence-corrected chi connectivity index (χ1v) is 7.64. The smallest absolute Gasteiger partial charge is 0.251 e. The zero-order chi connectivity index (χ0) is 16.9. The van der Waals surface area contributed by atoms with Gasteiger partial charge in [0.25, 0.3) is 5.91 Å². The summed E-state index contributed by atoms with van der Waals surface area (Å²) < 4.78 is 12.3. The third kappa shape index (κ3) is 3.32. The number of methoxy groups -OCH3 is 2. The van der Waals surface area contributed by atoms with Crippen LogP contribution in [0.1, 0.15) is 16.1 Å². The van der Waals surface area contributed by atoms with Crippen LogP contribution in [0.2, 0.25) is 0 Å². The molecule has 0 saturated carbocycles. The van der Waals surface area contributed by atoms with Crippen molar-refractivity contribution in [2.24, 2.45) is 0 Å². The molecule has 2 aromatic heterocycles. The average Bonchev–Trinajstić information content (AvgIpc) is 3.04. The largest absolute Gasteiger partial charge is 0.497 e. The summed E-state index contributed by atoms with van der Waals surface area (Å²) in [5.74, 6) is 1.26. The van der Waals surface area contributed by atoms with Crippen molar-refractivity contribution in [3.8, 4) is 11.5 Å². The number of amides is 1. The Morgan fingerprint density at radius 3 is 2.88 bits per heavy atom. The van der Waals surface area contributed by atoms with Crippen molar-refractivity contribution >= 4 is 11.6 Å². The van der Waals surface area contributed by atoms with Crippen LogP contribution in [0.25, 0.3) is 5.65 Å². The van der Waals surface area contributed by atoms with Gasteiger partial charge in [-0.25, -0.2) is 4.98 Å². The van der Waals surface area contributed by atoms with Gasteiger partial charge in [-0.2, -0.15) is 0 Å². The lowest BCUT2D eigenvalue weighted by Crippen LogP contribution is -2.25. The molecule has 2 heterocycles. The summed E-state index contributed by atoms with van der Waals surface area (Å²) in [7, 11) is 3.20. The molecular weight excluding hydrogens is 306 g/mol. The Balaban J connectivity index is 1.63. The molecule has 0 unspecified atom stereocenters. The lowest BCUT2D eigenvalue weighted by atomic mass is 10.2. The van der Waals surface area contributed by atoms with Gasteiger partial charge in [-0.1, -0.05) is 6.07 Å². The average molecular weight is 325 g/mol. The first-order valence-electron chi connectivity index (χ1n) is 7.64. The van der Waals surface area contributed by atoms with Crippen molar-refractivity contribution in [1.82, 2.24) is 14.7 Å². The maximum absolute atomic E-state index is 12.2. The van der Waals surface area contributed by atoms with Gasteiger partial charge >= 0.3 is 0 Å². The first-order chi connectivity index (χ1) is 11.7. The molecule has 3 rings (SSSR count). The second-order valence-electron chi connectivity index (χ2n) is 5.28. The normalized spacial score (nSPS) is 10.6. The number of hydrogen-bond donors (Lipinski definition) is 1. The van der Waals surface area contributed by atoms with Crippen molar-refractivity contribution in [1.29, 1.82) is 0 Å². The minimum Gasteiger partial charge on any atom is -0.497 e. The Labute approximate surface area is 140 Å². The van der Waals surface area contributed by atoms with Crippen molar-refractivity contribution in [2.45, 2.75) is 6.42 Å². The molecule has 0 aliphatic heterocycles. The number of fused-ring (bicyclic) bond motifs is 1. The number of pyridine rings is 1. The fraction of sp³-hybridized carbons (Fsp3) is 0.222. The van der Waals surface area contributed by atoms with Crippen LogP contribution >= 0.6 is 0 Å². The van der Waals surface area contributed by atoms with E-state index in [1.807, 2.05) is 28.9 Å². The molecule has 124 valence electrons. The Kier molecular flexibility index (Phi) is 4.65. The van der Waals surface area contributed by atoms with Crippen LogP contribution in [0, 0.1) is 0 Å². The predicted octanol–water partition coefficient (Wildman–Crippen LogP) is 2.32. The third-order valence-corrected chi connectivity index (χ3v) is 3.72. The number of ether oxygens (including phenoxy) is 2. The molecule has 1 aromatic carbocycles. The number of carbonyl (C=O) groups is 1. The van der Waals surface area contributed by atoms with Crippen molar-refractivity contribution < 1.29 is 14.3 Å². The number of carbonyl (C=O) groups excluding carboxylic acids is 1. The summed E-state index contributed by atoms with van der Waals surface area (Å²) in [6.07, 6.45) is 4.50. The highest BCUT2D eigenvalue weighted by Crippen LogP contribution is 2.18. The Morgan fingerprint density at radius 1 is 1.21 bits per heavy atom. The van der Waals surface area contributed by atoms with E-state index in [0.717, 1.165) is 17.1 Å². The summed E-state index contributed by atoms with van der Waals surface area (Å²) in [4.78, 5) is 16.7. The van der Waals surface area contributed by atoms with Gasteiger partial charge in [-0.05, 0) is 30.3 Å². The van der Waals surface area contributed by atoms with E-state index in [0.29, 0.717) is 24.3 Å². The molecule has 1 N–H and O–H groups in total. The first kappa shape index (κ1) is 15.9. The van der Waals surface area contributed by atoms with Gasteiger partial charge in [0.2, 0.25) is 0 Å². The van der Waals surface area contributed by atoms with Crippen LogP contribution < -0.4 is 14.8 Å². The maximum atomic E-state index is 12.2. The fourth-order valence-corrected chi connectivity index (χ4v) is 2.49. The number of imidazole rings is 1. The Hall–Kier alpha value is -3.02. The van der Waals surface area contributed by atoms with Gasteiger partial charge in [0.1, 0.15) is 5.75 Å². The van der Waals surface area contributed by atoms with E-state index in [1.165, 1.54) is 0 Å². The van der Waals surface area contributed by atoms with Crippen LogP contribution in [0.4, 0.5) is 0 Å². The number of aromatic nitrogens is 2. The van der Waals surface area contributed by atoms with Crippen LogP contribution in [0.15, 0.2) is 48.8 Å². The zero-order valence-corrected chi connectivity index (χ0v) is 13.7. The lowest BCUT2D eigenvalue weighted by molar-refractivity contribution is 0.0953. The molecule has 0 saturated heterocycles. The molecule has 0 atom stereocenters. The van der Waals surface area contributed by atoms with Crippen LogP contribution in [-0.2, 0) is 6.42 Å². The zero-order valence-electron chi connectivity index (χ0n) is 13.7. The topological polar surface area (TPSA) is 64.9 Å². The van der Waals surface area contributed by atoms with Gasteiger partial charge < -0.3 is 19.2 Å². The number of benzene rings is 1. The highest BCUT2D eigenvalue weighted by molar-refractivity contribution is 5.94. The molecule has 0 spiro atoms. The van der Waals surface area contributed by atoms with Crippen molar-refractivity contribution in [3.63, 3.8) is 0 Å².